The van der Waals surface area contributed by atoms with Gasteiger partial charge in [0.15, 0.2) is 0 Å². The molecule has 1 aliphatic rings. The van der Waals surface area contributed by atoms with Gasteiger partial charge in [-0.05, 0) is 49.6 Å². The zero-order valence-corrected chi connectivity index (χ0v) is 14.2. The predicted molar refractivity (Wildman–Crippen MR) is 100 cm³/mol. The monoisotopic (exact) mass is 352 g/mol. The number of hydrogen-bond acceptors (Lipinski definition) is 6. The first kappa shape index (κ1) is 17.8. The average Bonchev–Trinajstić information content (AvgIpc) is 2.67. The second kappa shape index (κ2) is 8.35. The number of nitro groups is 1. The zero-order valence-electron chi connectivity index (χ0n) is 14.2. The van der Waals surface area contributed by atoms with Gasteiger partial charge in [-0.3, -0.25) is 15.1 Å². The van der Waals surface area contributed by atoms with Crippen molar-refractivity contribution in [3.8, 4) is 0 Å². The van der Waals surface area contributed by atoms with Crippen molar-refractivity contribution in [2.75, 3.05) is 11.9 Å². The first-order chi connectivity index (χ1) is 12.6. The number of nitrogens with zero attached hydrogens (tertiary/aromatic N) is 2. The molecule has 1 fully saturated rings. The topological polar surface area (TPSA) is 101 Å². The van der Waals surface area contributed by atoms with Crippen molar-refractivity contribution in [1.29, 1.82) is 5.41 Å². The van der Waals surface area contributed by atoms with E-state index in [2.05, 4.69) is 10.3 Å². The van der Waals surface area contributed by atoms with Crippen molar-refractivity contribution >= 4 is 23.2 Å². The standard InChI is InChI=1S/C19H20N4O3/c20-17(10-7-14-5-1-3-11-21-14)16-9-8-15(23(24)25)13-18(16)22-19-6-2-4-12-26-19/h1,3,5,7-11,13,19-20,22H,2,4,6,12H2/b10-7+,20-17?. The maximum atomic E-state index is 11.1. The second-order valence-corrected chi connectivity index (χ2v) is 5.99. The lowest BCUT2D eigenvalue weighted by molar-refractivity contribution is -0.384. The number of nitro benzene ring substituents is 1. The highest BCUT2D eigenvalue weighted by molar-refractivity contribution is 6.12. The van der Waals surface area contributed by atoms with Crippen LogP contribution in [0, 0.1) is 15.5 Å². The summed E-state index contributed by atoms with van der Waals surface area (Å²) in [6, 6.07) is 9.99. The van der Waals surface area contributed by atoms with Gasteiger partial charge in [0.1, 0.15) is 6.23 Å². The van der Waals surface area contributed by atoms with E-state index in [9.17, 15) is 10.1 Å². The van der Waals surface area contributed by atoms with Crippen LogP contribution in [-0.2, 0) is 4.74 Å². The fourth-order valence-corrected chi connectivity index (χ4v) is 2.76. The van der Waals surface area contributed by atoms with Gasteiger partial charge in [0.05, 0.1) is 22.0 Å². The number of aromatic nitrogens is 1. The van der Waals surface area contributed by atoms with Crippen LogP contribution in [0.15, 0.2) is 48.7 Å². The number of anilines is 1. The summed E-state index contributed by atoms with van der Waals surface area (Å²) in [6.45, 7) is 0.666. The van der Waals surface area contributed by atoms with Crippen LogP contribution in [0.1, 0.15) is 30.5 Å². The fraction of sp³-hybridized carbons (Fsp3) is 0.263. The van der Waals surface area contributed by atoms with E-state index < -0.39 is 4.92 Å². The zero-order chi connectivity index (χ0) is 18.4. The van der Waals surface area contributed by atoms with E-state index in [0.29, 0.717) is 17.9 Å². The molecule has 1 aliphatic heterocycles. The first-order valence-electron chi connectivity index (χ1n) is 8.48. The Morgan fingerprint density at radius 3 is 2.92 bits per heavy atom. The summed E-state index contributed by atoms with van der Waals surface area (Å²) >= 11 is 0. The molecule has 7 nitrogen and oxygen atoms in total. The molecular formula is C19H20N4O3. The summed E-state index contributed by atoms with van der Waals surface area (Å²) in [4.78, 5) is 14.9. The van der Waals surface area contributed by atoms with Crippen LogP contribution in [0.5, 0.6) is 0 Å². The molecule has 1 saturated heterocycles. The van der Waals surface area contributed by atoms with Gasteiger partial charge >= 0.3 is 0 Å². The maximum Gasteiger partial charge on any atom is 0.271 e. The van der Waals surface area contributed by atoms with E-state index >= 15 is 0 Å². The molecule has 0 aliphatic carbocycles. The summed E-state index contributed by atoms with van der Waals surface area (Å²) in [5.41, 5.74) is 2.07. The molecule has 1 unspecified atom stereocenters. The third-order valence-electron chi connectivity index (χ3n) is 4.11. The SMILES string of the molecule is N=C(/C=C/c1ccccn1)c1ccc([N+](=O)[O-])cc1NC1CCCCO1. The third kappa shape index (κ3) is 4.52. The number of hydrogen-bond donors (Lipinski definition) is 2. The Balaban J connectivity index is 1.85. The van der Waals surface area contributed by atoms with Gasteiger partial charge in [-0.25, -0.2) is 0 Å². The van der Waals surface area contributed by atoms with Crippen molar-refractivity contribution in [2.45, 2.75) is 25.5 Å². The number of ether oxygens (including phenoxy) is 1. The highest BCUT2D eigenvalue weighted by Crippen LogP contribution is 2.26. The average molecular weight is 352 g/mol. The Kier molecular flexibility index (Phi) is 5.70. The van der Waals surface area contributed by atoms with E-state index in [4.69, 9.17) is 10.1 Å². The van der Waals surface area contributed by atoms with Crippen molar-refractivity contribution in [3.05, 3.63) is 70.0 Å². The molecule has 7 heteroatoms. The van der Waals surface area contributed by atoms with Crippen LogP contribution >= 0.6 is 0 Å². The summed E-state index contributed by atoms with van der Waals surface area (Å²) < 4.78 is 5.67. The molecule has 1 atom stereocenters. The van der Waals surface area contributed by atoms with E-state index in [1.165, 1.54) is 12.1 Å². The number of non-ortho nitro benzene ring substituents is 1. The molecule has 0 amide bonds. The molecule has 1 aromatic heterocycles. The molecule has 0 saturated carbocycles. The first-order valence-corrected chi connectivity index (χ1v) is 8.48. The molecule has 3 rings (SSSR count). The number of nitrogens with one attached hydrogen (secondary N) is 2. The summed E-state index contributed by atoms with van der Waals surface area (Å²) in [6.07, 6.45) is 7.75. The van der Waals surface area contributed by atoms with Crippen molar-refractivity contribution in [3.63, 3.8) is 0 Å². The van der Waals surface area contributed by atoms with E-state index in [1.54, 1.807) is 24.4 Å². The van der Waals surface area contributed by atoms with E-state index in [0.717, 1.165) is 25.0 Å². The number of allylic oxidation sites excluding steroid dienone is 1. The number of pyridine rings is 1. The minimum Gasteiger partial charge on any atom is -0.359 e. The molecule has 26 heavy (non-hydrogen) atoms. The molecule has 134 valence electrons. The molecular weight excluding hydrogens is 332 g/mol. The van der Waals surface area contributed by atoms with Crippen LogP contribution in [0.2, 0.25) is 0 Å². The highest BCUT2D eigenvalue weighted by atomic mass is 16.6. The number of rotatable bonds is 6. The lowest BCUT2D eigenvalue weighted by atomic mass is 10.0. The van der Waals surface area contributed by atoms with Gasteiger partial charge in [0.25, 0.3) is 5.69 Å². The summed E-state index contributed by atoms with van der Waals surface area (Å²) in [5, 5.41) is 22.7. The van der Waals surface area contributed by atoms with Crippen LogP contribution in [-0.4, -0.2) is 28.5 Å². The Hall–Kier alpha value is -3.06. The van der Waals surface area contributed by atoms with Crippen LogP contribution < -0.4 is 5.32 Å². The van der Waals surface area contributed by atoms with E-state index in [-0.39, 0.29) is 17.6 Å². The summed E-state index contributed by atoms with van der Waals surface area (Å²) in [5.74, 6) is 0. The van der Waals surface area contributed by atoms with Crippen LogP contribution in [0.4, 0.5) is 11.4 Å². The van der Waals surface area contributed by atoms with Crippen molar-refractivity contribution < 1.29 is 9.66 Å². The van der Waals surface area contributed by atoms with Gasteiger partial charge in [-0.2, -0.15) is 0 Å². The van der Waals surface area contributed by atoms with Crippen molar-refractivity contribution in [1.82, 2.24) is 4.98 Å². The van der Waals surface area contributed by atoms with Gasteiger partial charge < -0.3 is 15.5 Å². The maximum absolute atomic E-state index is 11.1. The van der Waals surface area contributed by atoms with Gasteiger partial charge in [0.2, 0.25) is 0 Å². The second-order valence-electron chi connectivity index (χ2n) is 5.99. The Labute approximate surface area is 151 Å². The fourth-order valence-electron chi connectivity index (χ4n) is 2.76. The predicted octanol–water partition coefficient (Wildman–Crippen LogP) is 4.01. The molecule has 0 bridgehead atoms. The van der Waals surface area contributed by atoms with Crippen LogP contribution in [0.3, 0.4) is 0 Å². The van der Waals surface area contributed by atoms with Gasteiger partial charge in [-0.15, -0.1) is 0 Å². The molecule has 0 radical (unpaired) electrons. The third-order valence-corrected chi connectivity index (χ3v) is 4.11. The van der Waals surface area contributed by atoms with Crippen LogP contribution in [0.25, 0.3) is 6.08 Å². The molecule has 2 heterocycles. The van der Waals surface area contributed by atoms with Gasteiger partial charge in [0, 0.05) is 30.5 Å². The quantitative estimate of drug-likeness (QED) is 0.465. The Morgan fingerprint density at radius 2 is 2.23 bits per heavy atom. The van der Waals surface area contributed by atoms with Crippen molar-refractivity contribution in [2.24, 2.45) is 0 Å². The number of benzene rings is 1. The minimum absolute atomic E-state index is 0.0198. The minimum atomic E-state index is -0.440. The molecule has 2 N–H and O–H groups in total. The summed E-state index contributed by atoms with van der Waals surface area (Å²) in [7, 11) is 0. The largest absolute Gasteiger partial charge is 0.359 e. The Bertz CT molecular complexity index is 815. The lowest BCUT2D eigenvalue weighted by Gasteiger charge is -2.25. The lowest BCUT2D eigenvalue weighted by Crippen LogP contribution is -2.28. The Morgan fingerprint density at radius 1 is 1.35 bits per heavy atom. The normalized spacial score (nSPS) is 17.2. The molecule has 0 spiro atoms. The molecule has 2 aromatic rings. The molecule has 1 aromatic carbocycles. The smallest absolute Gasteiger partial charge is 0.271 e. The van der Waals surface area contributed by atoms with E-state index in [1.807, 2.05) is 18.2 Å². The van der Waals surface area contributed by atoms with Gasteiger partial charge in [-0.1, -0.05) is 6.07 Å². The highest BCUT2D eigenvalue weighted by Gasteiger charge is 2.18.